The van der Waals surface area contributed by atoms with Gasteiger partial charge in [-0.1, -0.05) is 12.1 Å². The van der Waals surface area contributed by atoms with Gasteiger partial charge in [0.05, 0.1) is 5.75 Å². The average molecular weight is 353 g/mol. The molecule has 3 rings (SSSR count). The lowest BCUT2D eigenvalue weighted by molar-refractivity contribution is -0.120. The van der Waals surface area contributed by atoms with E-state index in [2.05, 4.69) is 15.5 Å². The molecule has 0 saturated heterocycles. The minimum atomic E-state index is -0.543. The van der Waals surface area contributed by atoms with Gasteiger partial charge in [0, 0.05) is 6.04 Å². The molecule has 1 fully saturated rings. The number of thioether (sulfide) groups is 2. The van der Waals surface area contributed by atoms with Crippen LogP contribution in [0, 0.1) is 5.82 Å². The van der Waals surface area contributed by atoms with Crippen molar-refractivity contribution in [2.24, 2.45) is 0 Å². The van der Waals surface area contributed by atoms with E-state index < -0.39 is 5.25 Å². The number of rotatable bonds is 7. The first kappa shape index (κ1) is 16.3. The number of nitrogens with zero attached hydrogens (tertiary/aromatic N) is 2. The van der Waals surface area contributed by atoms with Crippen molar-refractivity contribution in [2.75, 3.05) is 6.26 Å². The molecular formula is C15H16FN3O2S2. The molecule has 1 saturated carbocycles. The first-order valence-electron chi connectivity index (χ1n) is 7.19. The standard InChI is InChI=1S/C15H16FN3O2S2/c1-22-8-12-18-19-15(21-12)23-13(14(20)17-11-6-7-11)9-2-4-10(16)5-3-9/h2-5,11,13H,6-8H2,1H3,(H,17,20). The minimum Gasteiger partial charge on any atom is -0.415 e. The second-order valence-corrected chi connectivity index (χ2v) is 7.15. The topological polar surface area (TPSA) is 68.0 Å². The Balaban J connectivity index is 1.78. The van der Waals surface area contributed by atoms with E-state index in [9.17, 15) is 9.18 Å². The van der Waals surface area contributed by atoms with E-state index in [0.717, 1.165) is 12.8 Å². The van der Waals surface area contributed by atoms with Crippen LogP contribution in [-0.2, 0) is 10.5 Å². The molecule has 8 heteroatoms. The summed E-state index contributed by atoms with van der Waals surface area (Å²) in [6, 6.07) is 6.17. The Bertz CT molecular complexity index is 674. The van der Waals surface area contributed by atoms with Crippen LogP contribution >= 0.6 is 23.5 Å². The van der Waals surface area contributed by atoms with Crippen molar-refractivity contribution in [1.29, 1.82) is 0 Å². The molecule has 1 aliphatic carbocycles. The highest BCUT2D eigenvalue weighted by molar-refractivity contribution is 8.00. The van der Waals surface area contributed by atoms with E-state index in [4.69, 9.17) is 4.42 Å². The molecule has 1 N–H and O–H groups in total. The largest absolute Gasteiger partial charge is 0.415 e. The molecule has 1 aromatic carbocycles. The number of carbonyl (C=O) groups excluding carboxylic acids is 1. The molecule has 0 spiro atoms. The van der Waals surface area contributed by atoms with Gasteiger partial charge in [0.15, 0.2) is 0 Å². The monoisotopic (exact) mass is 353 g/mol. The number of nitrogens with one attached hydrogen (secondary N) is 1. The van der Waals surface area contributed by atoms with Crippen LogP contribution in [0.15, 0.2) is 33.9 Å². The Morgan fingerprint density at radius 2 is 2.13 bits per heavy atom. The number of hydrogen-bond acceptors (Lipinski definition) is 6. The Labute approximate surface area is 141 Å². The van der Waals surface area contributed by atoms with Gasteiger partial charge in [-0.25, -0.2) is 4.39 Å². The lowest BCUT2D eigenvalue weighted by Crippen LogP contribution is -2.29. The first-order valence-corrected chi connectivity index (χ1v) is 9.47. The molecule has 0 aliphatic heterocycles. The quantitative estimate of drug-likeness (QED) is 0.771. The van der Waals surface area contributed by atoms with Gasteiger partial charge in [0.2, 0.25) is 11.8 Å². The van der Waals surface area contributed by atoms with Crippen LogP contribution in [-0.4, -0.2) is 28.4 Å². The number of halogens is 1. The van der Waals surface area contributed by atoms with Crippen molar-refractivity contribution in [1.82, 2.24) is 15.5 Å². The molecule has 23 heavy (non-hydrogen) atoms. The highest BCUT2D eigenvalue weighted by atomic mass is 32.2. The number of benzene rings is 1. The van der Waals surface area contributed by atoms with Crippen LogP contribution in [0.25, 0.3) is 0 Å². The predicted octanol–water partition coefficient (Wildman–Crippen LogP) is 3.18. The Morgan fingerprint density at radius 1 is 1.39 bits per heavy atom. The summed E-state index contributed by atoms with van der Waals surface area (Å²) in [6.45, 7) is 0. The van der Waals surface area contributed by atoms with Crippen molar-refractivity contribution < 1.29 is 13.6 Å². The van der Waals surface area contributed by atoms with Gasteiger partial charge in [-0.15, -0.1) is 10.2 Å². The normalized spacial score (nSPS) is 15.4. The maximum Gasteiger partial charge on any atom is 0.277 e. The van der Waals surface area contributed by atoms with E-state index in [-0.39, 0.29) is 17.8 Å². The fourth-order valence-corrected chi connectivity index (χ4v) is 3.25. The summed E-state index contributed by atoms with van der Waals surface area (Å²) in [4.78, 5) is 12.5. The fourth-order valence-electron chi connectivity index (χ4n) is 1.98. The van der Waals surface area contributed by atoms with E-state index >= 15 is 0 Å². The first-order chi connectivity index (χ1) is 11.2. The van der Waals surface area contributed by atoms with E-state index in [0.29, 0.717) is 22.4 Å². The molecule has 5 nitrogen and oxygen atoms in total. The highest BCUT2D eigenvalue weighted by Crippen LogP contribution is 2.36. The van der Waals surface area contributed by atoms with Crippen molar-refractivity contribution in [3.63, 3.8) is 0 Å². The molecule has 1 atom stereocenters. The summed E-state index contributed by atoms with van der Waals surface area (Å²) in [7, 11) is 0. The lowest BCUT2D eigenvalue weighted by Gasteiger charge is -2.14. The molecule has 0 bridgehead atoms. The summed E-state index contributed by atoms with van der Waals surface area (Å²) in [5, 5.41) is 10.7. The van der Waals surface area contributed by atoms with E-state index in [1.165, 1.54) is 23.9 Å². The minimum absolute atomic E-state index is 0.117. The van der Waals surface area contributed by atoms with Crippen LogP contribution in [0.2, 0.25) is 0 Å². The second-order valence-electron chi connectivity index (χ2n) is 5.23. The van der Waals surface area contributed by atoms with Crippen molar-refractivity contribution in [2.45, 2.75) is 35.1 Å². The van der Waals surface area contributed by atoms with Gasteiger partial charge in [-0.2, -0.15) is 11.8 Å². The molecule has 1 aromatic heterocycles. The summed E-state index contributed by atoms with van der Waals surface area (Å²) in [5.41, 5.74) is 0.708. The van der Waals surface area contributed by atoms with Crippen molar-refractivity contribution in [3.05, 3.63) is 41.5 Å². The predicted molar refractivity (Wildman–Crippen MR) is 87.7 cm³/mol. The van der Waals surface area contributed by atoms with Crippen LogP contribution in [0.1, 0.15) is 29.5 Å². The lowest BCUT2D eigenvalue weighted by atomic mass is 10.1. The molecule has 1 heterocycles. The van der Waals surface area contributed by atoms with Crippen LogP contribution in [0.4, 0.5) is 4.39 Å². The third-order valence-corrected chi connectivity index (χ3v) is 4.89. The van der Waals surface area contributed by atoms with Gasteiger partial charge in [-0.3, -0.25) is 4.79 Å². The van der Waals surface area contributed by atoms with Crippen LogP contribution in [0.3, 0.4) is 0 Å². The zero-order valence-corrected chi connectivity index (χ0v) is 14.1. The van der Waals surface area contributed by atoms with E-state index in [1.807, 2.05) is 6.26 Å². The second kappa shape index (κ2) is 7.35. The van der Waals surface area contributed by atoms with Crippen molar-refractivity contribution >= 4 is 29.4 Å². The maximum atomic E-state index is 13.1. The van der Waals surface area contributed by atoms with Crippen LogP contribution < -0.4 is 5.32 Å². The highest BCUT2D eigenvalue weighted by Gasteiger charge is 2.30. The Morgan fingerprint density at radius 3 is 2.78 bits per heavy atom. The molecule has 2 aromatic rings. The Kier molecular flexibility index (Phi) is 5.22. The zero-order chi connectivity index (χ0) is 16.2. The number of hydrogen-bond donors (Lipinski definition) is 1. The van der Waals surface area contributed by atoms with Gasteiger partial charge >= 0.3 is 0 Å². The molecule has 0 radical (unpaired) electrons. The summed E-state index contributed by atoms with van der Waals surface area (Å²) >= 11 is 2.77. The molecule has 1 amide bonds. The number of amides is 1. The SMILES string of the molecule is CSCc1nnc(SC(C(=O)NC2CC2)c2ccc(F)cc2)o1. The molecular weight excluding hydrogens is 337 g/mol. The maximum absolute atomic E-state index is 13.1. The Hall–Kier alpha value is -1.54. The molecule has 1 unspecified atom stereocenters. The summed E-state index contributed by atoms with van der Waals surface area (Å²) < 4.78 is 18.7. The third kappa shape index (κ3) is 4.48. The summed E-state index contributed by atoms with van der Waals surface area (Å²) in [6.07, 6.45) is 3.96. The van der Waals surface area contributed by atoms with Gasteiger partial charge in [0.1, 0.15) is 11.1 Å². The average Bonchev–Trinajstić information content (AvgIpc) is 3.24. The number of aromatic nitrogens is 2. The van der Waals surface area contributed by atoms with Gasteiger partial charge in [-0.05, 0) is 48.6 Å². The van der Waals surface area contributed by atoms with Gasteiger partial charge in [0.25, 0.3) is 5.22 Å². The molecule has 122 valence electrons. The third-order valence-electron chi connectivity index (χ3n) is 3.27. The molecule has 1 aliphatic rings. The van der Waals surface area contributed by atoms with Gasteiger partial charge < -0.3 is 9.73 Å². The fraction of sp³-hybridized carbons (Fsp3) is 0.400. The smallest absolute Gasteiger partial charge is 0.277 e. The zero-order valence-electron chi connectivity index (χ0n) is 12.5. The van der Waals surface area contributed by atoms with Crippen LogP contribution in [0.5, 0.6) is 0 Å². The summed E-state index contributed by atoms with van der Waals surface area (Å²) in [5.74, 6) is 0.706. The number of carbonyl (C=O) groups is 1. The van der Waals surface area contributed by atoms with E-state index in [1.54, 1.807) is 23.9 Å². The van der Waals surface area contributed by atoms with Crippen molar-refractivity contribution in [3.8, 4) is 0 Å².